The largest absolute Gasteiger partial charge is 0.493 e. The number of benzene rings is 2. The molecule has 3 rings (SSSR count). The standard InChI is InChI=1S/C29H34F3N3O6/c1-17(2)26-28(39)35(22(15-34(26)18(3)36)20-11-12-23(40-4)24(14-20)41-5)16-25(37)33-21(27(38)29(30,31)32)13-19-9-7-6-8-10-19/h6-12,14-15,17,21,26-27,38H,13,16H2,1-5H3,(H,33,37). The third kappa shape index (κ3) is 7.37. The summed E-state index contributed by atoms with van der Waals surface area (Å²) in [7, 11) is 2.87. The van der Waals surface area contributed by atoms with Crippen LogP contribution in [0.5, 0.6) is 11.5 Å². The minimum Gasteiger partial charge on any atom is -0.493 e. The molecular weight excluding hydrogens is 543 g/mol. The summed E-state index contributed by atoms with van der Waals surface area (Å²) < 4.78 is 51.2. The summed E-state index contributed by atoms with van der Waals surface area (Å²) in [5.74, 6) is -1.55. The Labute approximate surface area is 236 Å². The van der Waals surface area contributed by atoms with Gasteiger partial charge in [-0.25, -0.2) is 0 Å². The van der Waals surface area contributed by atoms with Crippen molar-refractivity contribution in [1.82, 2.24) is 15.1 Å². The smallest absolute Gasteiger partial charge is 0.416 e. The van der Waals surface area contributed by atoms with E-state index in [9.17, 15) is 32.7 Å². The van der Waals surface area contributed by atoms with E-state index in [1.807, 2.05) is 0 Å². The zero-order chi connectivity index (χ0) is 30.5. The SMILES string of the molecule is COc1ccc(C2=CN(C(C)=O)C(C(C)C)C(=O)N2CC(=O)NC(Cc2ccccc2)C(O)C(F)(F)F)cc1OC. The molecule has 222 valence electrons. The van der Waals surface area contributed by atoms with Gasteiger partial charge < -0.3 is 24.8 Å². The molecule has 1 aliphatic rings. The van der Waals surface area contributed by atoms with Gasteiger partial charge in [0.2, 0.25) is 11.8 Å². The van der Waals surface area contributed by atoms with Crippen LogP contribution in [0.4, 0.5) is 13.2 Å². The summed E-state index contributed by atoms with van der Waals surface area (Å²) in [4.78, 5) is 42.0. The maximum Gasteiger partial charge on any atom is 0.416 e. The molecule has 0 aromatic heterocycles. The van der Waals surface area contributed by atoms with Crippen LogP contribution in [0, 0.1) is 5.92 Å². The van der Waals surface area contributed by atoms with Crippen LogP contribution in [0.2, 0.25) is 0 Å². The molecule has 0 saturated carbocycles. The quantitative estimate of drug-likeness (QED) is 0.449. The summed E-state index contributed by atoms with van der Waals surface area (Å²) in [6.45, 7) is 4.12. The van der Waals surface area contributed by atoms with Gasteiger partial charge in [-0.15, -0.1) is 0 Å². The molecule has 3 unspecified atom stereocenters. The molecule has 0 fully saturated rings. The summed E-state index contributed by atoms with van der Waals surface area (Å²) in [5.41, 5.74) is 1.03. The maximum absolute atomic E-state index is 13.8. The molecule has 1 heterocycles. The number of amides is 3. The molecule has 0 radical (unpaired) electrons. The fourth-order valence-corrected chi connectivity index (χ4v) is 4.70. The second-order valence-electron chi connectivity index (χ2n) is 9.97. The second-order valence-corrected chi connectivity index (χ2v) is 9.97. The number of hydrogen-bond acceptors (Lipinski definition) is 6. The fraction of sp³-hybridized carbons (Fsp3) is 0.414. The molecule has 0 aliphatic carbocycles. The summed E-state index contributed by atoms with van der Waals surface area (Å²) >= 11 is 0. The number of halogens is 3. The molecule has 1 aliphatic heterocycles. The van der Waals surface area contributed by atoms with Crippen LogP contribution in [0.25, 0.3) is 5.70 Å². The van der Waals surface area contributed by atoms with Crippen molar-refractivity contribution < 1.29 is 42.1 Å². The Morgan fingerprint density at radius 3 is 2.22 bits per heavy atom. The van der Waals surface area contributed by atoms with E-state index in [1.165, 1.54) is 32.2 Å². The fourth-order valence-electron chi connectivity index (χ4n) is 4.70. The van der Waals surface area contributed by atoms with E-state index in [-0.39, 0.29) is 18.0 Å². The van der Waals surface area contributed by atoms with Gasteiger partial charge in [-0.05, 0) is 36.1 Å². The van der Waals surface area contributed by atoms with Gasteiger partial charge in [0.25, 0.3) is 5.91 Å². The molecular formula is C29H34F3N3O6. The molecule has 12 heteroatoms. The van der Waals surface area contributed by atoms with Gasteiger partial charge in [-0.3, -0.25) is 19.3 Å². The van der Waals surface area contributed by atoms with E-state index in [1.54, 1.807) is 62.4 Å². The number of nitrogens with one attached hydrogen (secondary N) is 1. The highest BCUT2D eigenvalue weighted by atomic mass is 19.4. The number of aliphatic hydroxyl groups excluding tert-OH is 1. The lowest BCUT2D eigenvalue weighted by atomic mass is 9.96. The molecule has 0 bridgehead atoms. The number of carbonyl (C=O) groups is 3. The number of ether oxygens (including phenoxy) is 2. The Morgan fingerprint density at radius 2 is 1.68 bits per heavy atom. The first-order valence-corrected chi connectivity index (χ1v) is 12.9. The van der Waals surface area contributed by atoms with Gasteiger partial charge in [-0.1, -0.05) is 44.2 Å². The third-order valence-corrected chi connectivity index (χ3v) is 6.71. The molecule has 0 spiro atoms. The number of alkyl halides is 3. The number of hydrogen-bond donors (Lipinski definition) is 2. The molecule has 2 N–H and O–H groups in total. The normalized spacial score (nSPS) is 17.2. The number of methoxy groups -OCH3 is 2. The lowest BCUT2D eigenvalue weighted by molar-refractivity contribution is -0.212. The maximum atomic E-state index is 13.8. The highest BCUT2D eigenvalue weighted by Gasteiger charge is 2.45. The van der Waals surface area contributed by atoms with Crippen LogP contribution < -0.4 is 14.8 Å². The first kappa shape index (κ1) is 31.5. The Bertz CT molecular complexity index is 1280. The van der Waals surface area contributed by atoms with E-state index in [2.05, 4.69) is 5.32 Å². The monoisotopic (exact) mass is 577 g/mol. The van der Waals surface area contributed by atoms with Crippen LogP contribution in [0.15, 0.2) is 54.7 Å². The molecule has 9 nitrogen and oxygen atoms in total. The van der Waals surface area contributed by atoms with Gasteiger partial charge in [0.15, 0.2) is 17.6 Å². The number of aliphatic hydroxyl groups is 1. The van der Waals surface area contributed by atoms with E-state index in [0.29, 0.717) is 22.6 Å². The topological polar surface area (TPSA) is 108 Å². The van der Waals surface area contributed by atoms with Crippen LogP contribution in [-0.4, -0.2) is 77.8 Å². The predicted octanol–water partition coefficient (Wildman–Crippen LogP) is 3.37. The number of carbonyl (C=O) groups excluding carboxylic acids is 3. The Kier molecular flexibility index (Phi) is 10.0. The lowest BCUT2D eigenvalue weighted by Crippen LogP contribution is -2.57. The minimum atomic E-state index is -5.00. The van der Waals surface area contributed by atoms with Crippen LogP contribution in [0.1, 0.15) is 31.9 Å². The molecule has 0 saturated heterocycles. The van der Waals surface area contributed by atoms with Crippen molar-refractivity contribution in [1.29, 1.82) is 0 Å². The van der Waals surface area contributed by atoms with Gasteiger partial charge in [0.1, 0.15) is 12.6 Å². The van der Waals surface area contributed by atoms with Crippen molar-refractivity contribution in [3.8, 4) is 11.5 Å². The van der Waals surface area contributed by atoms with Crippen molar-refractivity contribution in [3.05, 3.63) is 65.9 Å². The molecule has 3 atom stereocenters. The Balaban J connectivity index is 2.01. The van der Waals surface area contributed by atoms with Crippen molar-refractivity contribution >= 4 is 23.4 Å². The highest BCUT2D eigenvalue weighted by molar-refractivity contribution is 5.99. The Hall–Kier alpha value is -4.06. The van der Waals surface area contributed by atoms with Crippen molar-refractivity contribution in [3.63, 3.8) is 0 Å². The van der Waals surface area contributed by atoms with Crippen LogP contribution >= 0.6 is 0 Å². The first-order valence-electron chi connectivity index (χ1n) is 12.9. The number of nitrogens with zero attached hydrogens (tertiary/aromatic N) is 2. The van der Waals surface area contributed by atoms with Crippen LogP contribution in [0.3, 0.4) is 0 Å². The highest BCUT2D eigenvalue weighted by Crippen LogP contribution is 2.35. The predicted molar refractivity (Wildman–Crippen MR) is 145 cm³/mol. The molecule has 3 amide bonds. The average molecular weight is 578 g/mol. The lowest BCUT2D eigenvalue weighted by Gasteiger charge is -2.41. The van der Waals surface area contributed by atoms with Gasteiger partial charge in [-0.2, -0.15) is 13.2 Å². The Morgan fingerprint density at radius 1 is 1.05 bits per heavy atom. The average Bonchev–Trinajstić information content (AvgIpc) is 2.92. The molecule has 41 heavy (non-hydrogen) atoms. The van der Waals surface area contributed by atoms with E-state index < -0.39 is 48.6 Å². The summed E-state index contributed by atoms with van der Waals surface area (Å²) in [6.07, 6.45) is -6.70. The van der Waals surface area contributed by atoms with E-state index in [4.69, 9.17) is 9.47 Å². The number of rotatable bonds is 10. The first-order chi connectivity index (χ1) is 19.3. The second kappa shape index (κ2) is 13.1. The van der Waals surface area contributed by atoms with Gasteiger partial charge in [0, 0.05) is 18.7 Å². The van der Waals surface area contributed by atoms with Crippen molar-refractivity contribution in [2.45, 2.75) is 51.6 Å². The summed E-state index contributed by atoms with van der Waals surface area (Å²) in [6, 6.07) is 10.2. The van der Waals surface area contributed by atoms with E-state index in [0.717, 1.165) is 4.90 Å². The zero-order valence-corrected chi connectivity index (χ0v) is 23.4. The molecule has 2 aromatic carbocycles. The van der Waals surface area contributed by atoms with Crippen molar-refractivity contribution in [2.24, 2.45) is 5.92 Å². The van der Waals surface area contributed by atoms with Gasteiger partial charge >= 0.3 is 6.18 Å². The molecule has 2 aromatic rings. The van der Waals surface area contributed by atoms with Crippen molar-refractivity contribution in [2.75, 3.05) is 20.8 Å². The third-order valence-electron chi connectivity index (χ3n) is 6.71. The van der Waals surface area contributed by atoms with Gasteiger partial charge in [0.05, 0.1) is 26.0 Å². The minimum absolute atomic E-state index is 0.161. The zero-order valence-electron chi connectivity index (χ0n) is 23.4. The summed E-state index contributed by atoms with van der Waals surface area (Å²) in [5, 5.41) is 12.3. The van der Waals surface area contributed by atoms with E-state index >= 15 is 0 Å². The van der Waals surface area contributed by atoms with Crippen LogP contribution in [-0.2, 0) is 20.8 Å².